The first kappa shape index (κ1) is 19.8. The molecule has 5 nitrogen and oxygen atoms in total. The van der Waals surface area contributed by atoms with Crippen LogP contribution in [0, 0.1) is 12.8 Å². The van der Waals surface area contributed by atoms with Crippen molar-refractivity contribution in [3.63, 3.8) is 0 Å². The minimum absolute atomic E-state index is 0.178. The molecule has 1 aliphatic heterocycles. The van der Waals surface area contributed by atoms with Gasteiger partial charge < -0.3 is 5.32 Å². The van der Waals surface area contributed by atoms with Gasteiger partial charge in [0.05, 0.1) is 9.70 Å². The van der Waals surface area contributed by atoms with E-state index in [-0.39, 0.29) is 22.6 Å². The first-order chi connectivity index (χ1) is 12.3. The summed E-state index contributed by atoms with van der Waals surface area (Å²) < 4.78 is 28.0. The molecule has 1 amide bonds. The molecule has 1 aliphatic rings. The third kappa shape index (κ3) is 4.14. The highest BCUT2D eigenvalue weighted by molar-refractivity contribution is 9.11. The number of carbonyl (C=O) groups excluding carboxylic acids is 1. The van der Waals surface area contributed by atoms with E-state index in [0.717, 1.165) is 9.35 Å². The number of hydrogen-bond acceptors (Lipinski definition) is 4. The van der Waals surface area contributed by atoms with Crippen molar-refractivity contribution in [2.45, 2.75) is 24.0 Å². The predicted molar refractivity (Wildman–Crippen MR) is 108 cm³/mol. The zero-order chi connectivity index (χ0) is 18.9. The van der Waals surface area contributed by atoms with Crippen LogP contribution in [0.25, 0.3) is 0 Å². The first-order valence-corrected chi connectivity index (χ1v) is 11.5. The van der Waals surface area contributed by atoms with E-state index < -0.39 is 10.0 Å². The Morgan fingerprint density at radius 2 is 2.12 bits per heavy atom. The summed E-state index contributed by atoms with van der Waals surface area (Å²) in [6, 6.07) is 8.63. The molecule has 3 rings (SSSR count). The van der Waals surface area contributed by atoms with Crippen molar-refractivity contribution in [1.82, 2.24) is 4.31 Å². The van der Waals surface area contributed by atoms with E-state index in [1.165, 1.54) is 15.6 Å². The van der Waals surface area contributed by atoms with Crippen LogP contribution in [0.5, 0.6) is 0 Å². The summed E-state index contributed by atoms with van der Waals surface area (Å²) in [5.74, 6) is -0.567. The van der Waals surface area contributed by atoms with E-state index >= 15 is 0 Å². The lowest BCUT2D eigenvalue weighted by molar-refractivity contribution is -0.120. The third-order valence-corrected chi connectivity index (χ3v) is 8.79. The monoisotopic (exact) mass is 476 g/mol. The highest BCUT2D eigenvalue weighted by atomic mass is 79.9. The normalized spacial score (nSPS) is 18.7. The molecule has 26 heavy (non-hydrogen) atoms. The minimum Gasteiger partial charge on any atom is -0.326 e. The van der Waals surface area contributed by atoms with Gasteiger partial charge in [-0.15, -0.1) is 11.3 Å². The Morgan fingerprint density at radius 3 is 2.81 bits per heavy atom. The molecule has 1 saturated heterocycles. The molecule has 1 unspecified atom stereocenters. The summed E-state index contributed by atoms with van der Waals surface area (Å²) in [6.07, 6.45) is 1.31. The van der Waals surface area contributed by atoms with Crippen LogP contribution in [0.3, 0.4) is 0 Å². The van der Waals surface area contributed by atoms with Crippen molar-refractivity contribution in [3.05, 3.63) is 44.7 Å². The fourth-order valence-corrected chi connectivity index (χ4v) is 6.78. The molecule has 1 aromatic heterocycles. The smallest absolute Gasteiger partial charge is 0.252 e. The summed E-state index contributed by atoms with van der Waals surface area (Å²) in [7, 11) is -3.57. The molecule has 1 fully saturated rings. The Balaban J connectivity index is 1.74. The first-order valence-electron chi connectivity index (χ1n) is 8.10. The lowest BCUT2D eigenvalue weighted by Crippen LogP contribution is -2.43. The standard InChI is InChI=1S/C17H18BrClN2O3S2/c1-11-13(19)5-2-6-14(11)20-17(22)12-4-3-9-21(10-12)26(23,24)16-8-7-15(18)25-16/h2,5-8,12H,3-4,9-10H2,1H3,(H,20,22). The zero-order valence-corrected chi connectivity index (χ0v) is 18.0. The Labute approximate surface area is 170 Å². The molecular weight excluding hydrogens is 460 g/mol. The van der Waals surface area contributed by atoms with E-state index in [1.807, 2.05) is 6.92 Å². The van der Waals surface area contributed by atoms with E-state index in [0.29, 0.717) is 30.1 Å². The van der Waals surface area contributed by atoms with Gasteiger partial charge in [0.1, 0.15) is 4.21 Å². The molecule has 0 aliphatic carbocycles. The molecule has 1 N–H and O–H groups in total. The second kappa shape index (κ2) is 7.98. The number of amides is 1. The predicted octanol–water partition coefficient (Wildman–Crippen LogP) is 4.51. The van der Waals surface area contributed by atoms with Gasteiger partial charge in [0.2, 0.25) is 5.91 Å². The van der Waals surface area contributed by atoms with E-state index in [1.54, 1.807) is 30.3 Å². The van der Waals surface area contributed by atoms with Crippen LogP contribution >= 0.6 is 38.9 Å². The number of carbonyl (C=O) groups is 1. The number of hydrogen-bond donors (Lipinski definition) is 1. The van der Waals surface area contributed by atoms with E-state index in [9.17, 15) is 13.2 Å². The maximum Gasteiger partial charge on any atom is 0.252 e. The lowest BCUT2D eigenvalue weighted by atomic mass is 9.98. The maximum atomic E-state index is 12.8. The SMILES string of the molecule is Cc1c(Cl)cccc1NC(=O)C1CCCN(S(=O)(=O)c2ccc(Br)s2)C1. The summed E-state index contributed by atoms with van der Waals surface area (Å²) in [5.41, 5.74) is 1.45. The molecule has 140 valence electrons. The number of benzene rings is 1. The van der Waals surface area contributed by atoms with Crippen LogP contribution < -0.4 is 5.32 Å². The van der Waals surface area contributed by atoms with Gasteiger partial charge in [0.15, 0.2) is 0 Å². The van der Waals surface area contributed by atoms with Crippen molar-refractivity contribution in [2.75, 3.05) is 18.4 Å². The number of rotatable bonds is 4. The third-order valence-electron chi connectivity index (χ3n) is 4.42. The largest absolute Gasteiger partial charge is 0.326 e. The molecular formula is C17H18BrClN2O3S2. The van der Waals surface area contributed by atoms with Crippen LogP contribution in [0.2, 0.25) is 5.02 Å². The average molecular weight is 478 g/mol. The molecule has 0 bridgehead atoms. The van der Waals surface area contributed by atoms with Gasteiger partial charge in [-0.05, 0) is 65.5 Å². The Kier molecular flexibility index (Phi) is 6.08. The van der Waals surface area contributed by atoms with Crippen molar-refractivity contribution < 1.29 is 13.2 Å². The lowest BCUT2D eigenvalue weighted by Gasteiger charge is -2.31. The van der Waals surface area contributed by atoms with E-state index in [2.05, 4.69) is 21.2 Å². The average Bonchev–Trinajstić information content (AvgIpc) is 3.06. The fraction of sp³-hybridized carbons (Fsp3) is 0.353. The van der Waals surface area contributed by atoms with E-state index in [4.69, 9.17) is 11.6 Å². The highest BCUT2D eigenvalue weighted by Gasteiger charge is 2.34. The van der Waals surface area contributed by atoms with Gasteiger partial charge in [-0.2, -0.15) is 4.31 Å². The van der Waals surface area contributed by atoms with Crippen LogP contribution in [-0.4, -0.2) is 31.7 Å². The van der Waals surface area contributed by atoms with Crippen LogP contribution in [0.1, 0.15) is 18.4 Å². The fourth-order valence-electron chi connectivity index (χ4n) is 2.92. The van der Waals surface area contributed by atoms with Crippen molar-refractivity contribution in [3.8, 4) is 0 Å². The Hall–Kier alpha value is -0.930. The van der Waals surface area contributed by atoms with Crippen LogP contribution in [0.15, 0.2) is 38.3 Å². The second-order valence-corrected chi connectivity index (χ2v) is 11.2. The van der Waals surface area contributed by atoms with Gasteiger partial charge >= 0.3 is 0 Å². The molecule has 2 heterocycles. The summed E-state index contributed by atoms with van der Waals surface area (Å²) in [5, 5.41) is 3.47. The molecule has 0 radical (unpaired) electrons. The van der Waals surface area contributed by atoms with Crippen LogP contribution in [-0.2, 0) is 14.8 Å². The van der Waals surface area contributed by atoms with Gasteiger partial charge in [-0.25, -0.2) is 8.42 Å². The Bertz CT molecular complexity index is 930. The van der Waals surface area contributed by atoms with Gasteiger partial charge in [-0.1, -0.05) is 17.7 Å². The molecule has 0 saturated carbocycles. The number of anilines is 1. The number of thiophene rings is 1. The topological polar surface area (TPSA) is 66.5 Å². The van der Waals surface area contributed by atoms with Crippen molar-refractivity contribution in [1.29, 1.82) is 0 Å². The Morgan fingerprint density at radius 1 is 1.35 bits per heavy atom. The van der Waals surface area contributed by atoms with Gasteiger partial charge in [-0.3, -0.25) is 4.79 Å². The minimum atomic E-state index is -3.57. The van der Waals surface area contributed by atoms with Crippen molar-refractivity contribution in [2.24, 2.45) is 5.92 Å². The quantitative estimate of drug-likeness (QED) is 0.704. The van der Waals surface area contributed by atoms with Crippen molar-refractivity contribution >= 4 is 60.5 Å². The highest BCUT2D eigenvalue weighted by Crippen LogP contribution is 2.31. The van der Waals surface area contributed by atoms with Gasteiger partial charge in [0.25, 0.3) is 10.0 Å². The number of nitrogens with zero attached hydrogens (tertiary/aromatic N) is 1. The molecule has 1 aromatic carbocycles. The number of halogens is 2. The molecule has 1 atom stereocenters. The maximum absolute atomic E-state index is 12.8. The molecule has 9 heteroatoms. The van der Waals surface area contributed by atoms with Gasteiger partial charge in [0, 0.05) is 23.8 Å². The zero-order valence-electron chi connectivity index (χ0n) is 14.0. The summed E-state index contributed by atoms with van der Waals surface area (Å²) in [6.45, 7) is 2.45. The van der Waals surface area contributed by atoms with Crippen LogP contribution in [0.4, 0.5) is 5.69 Å². The summed E-state index contributed by atoms with van der Waals surface area (Å²) >= 11 is 10.6. The molecule has 0 spiro atoms. The second-order valence-electron chi connectivity index (χ2n) is 6.16. The number of nitrogens with one attached hydrogen (secondary N) is 1. The molecule has 2 aromatic rings. The summed E-state index contributed by atoms with van der Waals surface area (Å²) in [4.78, 5) is 12.7. The number of sulfonamides is 1. The number of piperidine rings is 1.